The molecule has 1 heteroatoms. The number of hydrogen-bond acceptors (Lipinski definition) is 1. The molecule has 0 fully saturated rings. The van der Waals surface area contributed by atoms with Crippen molar-refractivity contribution < 1.29 is 4.79 Å². The molecule has 2 aromatic carbocycles. The van der Waals surface area contributed by atoms with E-state index in [4.69, 9.17) is 0 Å². The highest BCUT2D eigenvalue weighted by Crippen LogP contribution is 2.21. The van der Waals surface area contributed by atoms with Crippen LogP contribution in [-0.2, 0) is 0 Å². The van der Waals surface area contributed by atoms with Crippen LogP contribution in [0, 0.1) is 0 Å². The molecule has 0 bridgehead atoms. The summed E-state index contributed by atoms with van der Waals surface area (Å²) in [5.41, 5.74) is 0.894. The van der Waals surface area contributed by atoms with Crippen LogP contribution in [0.1, 0.15) is 94.3 Å². The molecule has 0 N–H and O–H groups in total. The average Bonchev–Trinajstić information content (AvgIpc) is 2.65. The summed E-state index contributed by atoms with van der Waals surface area (Å²) in [7, 11) is 0. The van der Waals surface area contributed by atoms with E-state index in [1.807, 2.05) is 24.3 Å². The second-order valence-electron chi connectivity index (χ2n) is 7.24. The van der Waals surface area contributed by atoms with Gasteiger partial charge in [0.15, 0.2) is 5.78 Å². The van der Waals surface area contributed by atoms with Crippen LogP contribution >= 0.6 is 0 Å². The van der Waals surface area contributed by atoms with Crippen molar-refractivity contribution in [2.24, 2.45) is 0 Å². The molecule has 0 radical (unpaired) electrons. The molecule has 2 aromatic rings. The molecule has 0 aliphatic heterocycles. The van der Waals surface area contributed by atoms with Crippen LogP contribution in [0.25, 0.3) is 10.8 Å². The van der Waals surface area contributed by atoms with E-state index in [1.54, 1.807) is 0 Å². The zero-order valence-electron chi connectivity index (χ0n) is 15.9. The van der Waals surface area contributed by atoms with Crippen LogP contribution in [-0.4, -0.2) is 5.78 Å². The molecule has 0 spiro atoms. The summed E-state index contributed by atoms with van der Waals surface area (Å²) in [5, 5.41) is 2.25. The van der Waals surface area contributed by atoms with Crippen molar-refractivity contribution in [2.45, 2.75) is 84.0 Å². The van der Waals surface area contributed by atoms with Crippen molar-refractivity contribution in [3.63, 3.8) is 0 Å². The fourth-order valence-corrected chi connectivity index (χ4v) is 3.55. The second-order valence-corrected chi connectivity index (χ2v) is 7.24. The van der Waals surface area contributed by atoms with E-state index in [-0.39, 0.29) is 0 Å². The van der Waals surface area contributed by atoms with Gasteiger partial charge < -0.3 is 0 Å². The predicted molar refractivity (Wildman–Crippen MR) is 109 cm³/mol. The SMILES string of the molecule is CCCCCCCCCCCCCC(=O)c1cccc2ccccc12. The maximum absolute atomic E-state index is 12.5. The van der Waals surface area contributed by atoms with Gasteiger partial charge in [-0.1, -0.05) is 114 Å². The number of carbonyl (C=O) groups excluding carboxylic acids is 1. The molecule has 25 heavy (non-hydrogen) atoms. The molecule has 0 aromatic heterocycles. The lowest BCUT2D eigenvalue weighted by Crippen LogP contribution is -2.00. The highest BCUT2D eigenvalue weighted by atomic mass is 16.1. The van der Waals surface area contributed by atoms with E-state index < -0.39 is 0 Å². The Kier molecular flexibility index (Phi) is 9.33. The summed E-state index contributed by atoms with van der Waals surface area (Å²) >= 11 is 0. The summed E-state index contributed by atoms with van der Waals surface area (Å²) < 4.78 is 0. The molecule has 0 atom stereocenters. The van der Waals surface area contributed by atoms with Crippen molar-refractivity contribution in [1.29, 1.82) is 0 Å². The van der Waals surface area contributed by atoms with Crippen LogP contribution in [0.15, 0.2) is 42.5 Å². The molecular weight excluding hydrogens is 304 g/mol. The lowest BCUT2D eigenvalue weighted by molar-refractivity contribution is 0.0980. The van der Waals surface area contributed by atoms with Gasteiger partial charge in [-0.25, -0.2) is 0 Å². The van der Waals surface area contributed by atoms with Gasteiger partial charge >= 0.3 is 0 Å². The first-order chi connectivity index (χ1) is 12.3. The number of Topliss-reactive ketones (excluding diaryl/α,β-unsaturated/α-hetero) is 1. The summed E-state index contributed by atoms with van der Waals surface area (Å²) in [4.78, 5) is 12.5. The quantitative estimate of drug-likeness (QED) is 0.270. The average molecular weight is 339 g/mol. The Hall–Kier alpha value is -1.63. The summed E-state index contributed by atoms with van der Waals surface area (Å²) in [6.07, 6.45) is 15.2. The van der Waals surface area contributed by atoms with Crippen LogP contribution in [0.5, 0.6) is 0 Å². The fourth-order valence-electron chi connectivity index (χ4n) is 3.55. The van der Waals surface area contributed by atoms with Gasteiger partial charge in [-0.3, -0.25) is 4.79 Å². The first kappa shape index (κ1) is 19.7. The van der Waals surface area contributed by atoms with Crippen LogP contribution < -0.4 is 0 Å². The van der Waals surface area contributed by atoms with Gasteiger partial charge in [-0.2, -0.15) is 0 Å². The number of unbranched alkanes of at least 4 members (excludes halogenated alkanes) is 10. The molecule has 0 saturated heterocycles. The summed E-state index contributed by atoms with van der Waals surface area (Å²) in [6, 6.07) is 14.2. The Balaban J connectivity index is 1.58. The molecule has 0 amide bonds. The zero-order valence-corrected chi connectivity index (χ0v) is 15.9. The Morgan fingerprint density at radius 1 is 0.680 bits per heavy atom. The smallest absolute Gasteiger partial charge is 0.163 e. The minimum Gasteiger partial charge on any atom is -0.294 e. The van der Waals surface area contributed by atoms with E-state index in [1.165, 1.54) is 64.2 Å². The van der Waals surface area contributed by atoms with Crippen molar-refractivity contribution >= 4 is 16.6 Å². The van der Waals surface area contributed by atoms with Crippen LogP contribution in [0.4, 0.5) is 0 Å². The van der Waals surface area contributed by atoms with Crippen molar-refractivity contribution in [3.05, 3.63) is 48.0 Å². The van der Waals surface area contributed by atoms with Crippen molar-refractivity contribution in [1.82, 2.24) is 0 Å². The lowest BCUT2D eigenvalue weighted by atomic mass is 9.98. The topological polar surface area (TPSA) is 17.1 Å². The normalized spacial score (nSPS) is 11.1. The third-order valence-electron chi connectivity index (χ3n) is 5.10. The largest absolute Gasteiger partial charge is 0.294 e. The minimum atomic E-state index is 0.299. The zero-order chi connectivity index (χ0) is 17.7. The Labute approximate surface area is 153 Å². The summed E-state index contributed by atoms with van der Waals surface area (Å²) in [6.45, 7) is 2.27. The van der Waals surface area contributed by atoms with Gasteiger partial charge in [0.1, 0.15) is 0 Å². The molecule has 0 saturated carbocycles. The van der Waals surface area contributed by atoms with Crippen LogP contribution in [0.3, 0.4) is 0 Å². The lowest BCUT2D eigenvalue weighted by Gasteiger charge is -2.06. The minimum absolute atomic E-state index is 0.299. The number of carbonyl (C=O) groups is 1. The van der Waals surface area contributed by atoms with E-state index in [0.29, 0.717) is 12.2 Å². The van der Waals surface area contributed by atoms with Gasteiger partial charge in [0.25, 0.3) is 0 Å². The van der Waals surface area contributed by atoms with Gasteiger partial charge in [-0.05, 0) is 17.2 Å². The maximum atomic E-state index is 12.5. The third-order valence-corrected chi connectivity index (χ3v) is 5.10. The predicted octanol–water partition coefficient (Wildman–Crippen LogP) is 7.72. The van der Waals surface area contributed by atoms with Gasteiger partial charge in [0.2, 0.25) is 0 Å². The first-order valence-electron chi connectivity index (χ1n) is 10.3. The van der Waals surface area contributed by atoms with Gasteiger partial charge in [0, 0.05) is 12.0 Å². The standard InChI is InChI=1S/C24H34O/c1-2-3-4-5-6-7-8-9-10-11-12-20-24(25)23-19-15-17-21-16-13-14-18-22(21)23/h13-19H,2-12,20H2,1H3. The molecule has 0 heterocycles. The third kappa shape index (κ3) is 7.02. The Morgan fingerprint density at radius 2 is 1.24 bits per heavy atom. The second kappa shape index (κ2) is 11.8. The van der Waals surface area contributed by atoms with Gasteiger partial charge in [0.05, 0.1) is 0 Å². The van der Waals surface area contributed by atoms with Crippen molar-refractivity contribution in [3.8, 4) is 0 Å². The summed E-state index contributed by atoms with van der Waals surface area (Å²) in [5.74, 6) is 0.299. The fraction of sp³-hybridized carbons (Fsp3) is 0.542. The van der Waals surface area contributed by atoms with E-state index >= 15 is 0 Å². The number of fused-ring (bicyclic) bond motifs is 1. The van der Waals surface area contributed by atoms with E-state index in [9.17, 15) is 4.79 Å². The molecule has 0 unspecified atom stereocenters. The Morgan fingerprint density at radius 3 is 1.92 bits per heavy atom. The van der Waals surface area contributed by atoms with Crippen LogP contribution in [0.2, 0.25) is 0 Å². The highest BCUT2D eigenvalue weighted by molar-refractivity contribution is 6.08. The number of hydrogen-bond donors (Lipinski definition) is 0. The molecule has 0 aliphatic carbocycles. The number of rotatable bonds is 13. The first-order valence-corrected chi connectivity index (χ1v) is 10.3. The highest BCUT2D eigenvalue weighted by Gasteiger charge is 2.09. The number of ketones is 1. The molecule has 1 nitrogen and oxygen atoms in total. The van der Waals surface area contributed by atoms with E-state index in [2.05, 4.69) is 25.1 Å². The Bertz CT molecular complexity index is 624. The molecular formula is C24H34O. The monoisotopic (exact) mass is 338 g/mol. The maximum Gasteiger partial charge on any atom is 0.163 e. The molecule has 2 rings (SSSR count). The molecule has 136 valence electrons. The number of benzene rings is 2. The molecule has 0 aliphatic rings. The van der Waals surface area contributed by atoms with Gasteiger partial charge in [-0.15, -0.1) is 0 Å². The van der Waals surface area contributed by atoms with Crippen molar-refractivity contribution in [2.75, 3.05) is 0 Å². The van der Waals surface area contributed by atoms with E-state index in [0.717, 1.165) is 22.8 Å².